The maximum atomic E-state index is 11.4. The minimum absolute atomic E-state index is 0.328. The van der Waals surface area contributed by atoms with Gasteiger partial charge in [0.2, 0.25) is 0 Å². The monoisotopic (exact) mass is 255 g/mol. The van der Waals surface area contributed by atoms with Crippen LogP contribution in [0.1, 0.15) is 6.92 Å². The fourth-order valence-electron chi connectivity index (χ4n) is 0.984. The number of carbonyl (C=O) groups excluding carboxylic acids is 1. The zero-order valence-corrected chi connectivity index (χ0v) is 11.1. The lowest BCUT2D eigenvalue weighted by atomic mass is 10.2. The van der Waals surface area contributed by atoms with Crippen molar-refractivity contribution >= 4 is 11.7 Å². The van der Waals surface area contributed by atoms with Gasteiger partial charge in [0.05, 0.1) is 12.2 Å². The van der Waals surface area contributed by atoms with E-state index in [1.807, 2.05) is 0 Å². The zero-order chi connectivity index (χ0) is 14.5. The van der Waals surface area contributed by atoms with E-state index < -0.39 is 5.97 Å². The number of esters is 1. The molecule has 3 nitrogen and oxygen atoms in total. The fraction of sp³-hybridized carbons (Fsp3) is 0.125. The van der Waals surface area contributed by atoms with E-state index in [0.29, 0.717) is 17.9 Å². The minimum Gasteiger partial charge on any atom is -0.462 e. The summed E-state index contributed by atoms with van der Waals surface area (Å²) in [4.78, 5) is 15.3. The molecule has 0 heterocycles. The van der Waals surface area contributed by atoms with Crippen molar-refractivity contribution < 1.29 is 9.53 Å². The topological polar surface area (TPSA) is 38.7 Å². The highest BCUT2D eigenvalue weighted by atomic mass is 16.5. The molecular formula is C16H17NO2. The Kier molecular flexibility index (Phi) is 9.10. The summed E-state index contributed by atoms with van der Waals surface area (Å²) < 4.78 is 4.85. The first-order valence-corrected chi connectivity index (χ1v) is 5.68. The summed E-state index contributed by atoms with van der Waals surface area (Å²) in [5.74, 6) is 5.12. The molecule has 0 aromatic carbocycles. The lowest BCUT2D eigenvalue weighted by Crippen LogP contribution is -2.05. The van der Waals surface area contributed by atoms with Crippen LogP contribution in [0.15, 0.2) is 66.9 Å². The maximum absolute atomic E-state index is 11.4. The number of hydrogen-bond donors (Lipinski definition) is 0. The maximum Gasteiger partial charge on any atom is 0.338 e. The van der Waals surface area contributed by atoms with Crippen LogP contribution in [0.5, 0.6) is 0 Å². The smallest absolute Gasteiger partial charge is 0.338 e. The quantitative estimate of drug-likeness (QED) is 0.240. The standard InChI is InChI=1S/C16H17NO2/c1-5-14(16(18)19-8-4)12-10-9-11-13-15(6-2)17-7-3/h5-7,9-10,12H,1-3,8H2,4H3/b10-9+,14-12+,17-15?. The van der Waals surface area contributed by atoms with Crippen molar-refractivity contribution in [1.29, 1.82) is 0 Å². The molecule has 0 atom stereocenters. The van der Waals surface area contributed by atoms with Gasteiger partial charge >= 0.3 is 5.97 Å². The van der Waals surface area contributed by atoms with Gasteiger partial charge < -0.3 is 4.74 Å². The molecule has 0 spiro atoms. The van der Waals surface area contributed by atoms with E-state index in [1.165, 1.54) is 18.4 Å². The van der Waals surface area contributed by atoms with Crippen LogP contribution in [-0.4, -0.2) is 18.3 Å². The first-order chi connectivity index (χ1) is 9.19. The molecule has 19 heavy (non-hydrogen) atoms. The summed E-state index contributed by atoms with van der Waals surface area (Å²) in [6, 6.07) is 0. The number of carbonyl (C=O) groups is 1. The third-order valence-electron chi connectivity index (χ3n) is 1.81. The van der Waals surface area contributed by atoms with E-state index in [0.717, 1.165) is 0 Å². The van der Waals surface area contributed by atoms with E-state index in [4.69, 9.17) is 4.74 Å². The number of nitrogens with zero attached hydrogens (tertiary/aromatic N) is 1. The molecule has 0 radical (unpaired) electrons. The third kappa shape index (κ3) is 7.35. The Morgan fingerprint density at radius 2 is 2.05 bits per heavy atom. The van der Waals surface area contributed by atoms with Crippen LogP contribution in [0.2, 0.25) is 0 Å². The molecule has 0 aromatic rings. The lowest BCUT2D eigenvalue weighted by Gasteiger charge is -1.99. The Bertz CT molecular complexity index is 497. The number of ether oxygens (including phenoxy) is 1. The summed E-state index contributed by atoms with van der Waals surface area (Å²) >= 11 is 0. The highest BCUT2D eigenvalue weighted by Gasteiger charge is 2.03. The average molecular weight is 255 g/mol. The average Bonchev–Trinajstić information content (AvgIpc) is 2.41. The third-order valence-corrected chi connectivity index (χ3v) is 1.81. The van der Waals surface area contributed by atoms with Gasteiger partial charge in [-0.15, -0.1) is 0 Å². The molecule has 0 amide bonds. The SMILES string of the molecule is C=CN=C(C#C/C=C/C=C(\C=C)C(=O)OCC)C=C. The van der Waals surface area contributed by atoms with Crippen LogP contribution in [0, 0.1) is 11.8 Å². The molecule has 0 bridgehead atoms. The van der Waals surface area contributed by atoms with Gasteiger partial charge in [0.15, 0.2) is 0 Å². The van der Waals surface area contributed by atoms with Crippen molar-refractivity contribution in [3.63, 3.8) is 0 Å². The minimum atomic E-state index is -0.407. The second-order valence-corrected chi connectivity index (χ2v) is 3.08. The predicted molar refractivity (Wildman–Crippen MR) is 79.7 cm³/mol. The molecule has 0 N–H and O–H groups in total. The van der Waals surface area contributed by atoms with Gasteiger partial charge in [-0.1, -0.05) is 37.8 Å². The second-order valence-electron chi connectivity index (χ2n) is 3.08. The molecule has 0 rings (SSSR count). The molecule has 3 heteroatoms. The number of allylic oxidation sites excluding steroid dienone is 4. The van der Waals surface area contributed by atoms with E-state index in [9.17, 15) is 4.79 Å². The zero-order valence-electron chi connectivity index (χ0n) is 11.1. The Hall–Kier alpha value is -2.60. The van der Waals surface area contributed by atoms with Gasteiger partial charge in [0.1, 0.15) is 5.71 Å². The summed E-state index contributed by atoms with van der Waals surface area (Å²) in [6.07, 6.45) is 9.17. The van der Waals surface area contributed by atoms with Gasteiger partial charge in [-0.3, -0.25) is 0 Å². The Morgan fingerprint density at radius 1 is 1.32 bits per heavy atom. The van der Waals surface area contributed by atoms with E-state index in [-0.39, 0.29) is 0 Å². The van der Waals surface area contributed by atoms with Crippen molar-refractivity contribution in [2.24, 2.45) is 4.99 Å². The van der Waals surface area contributed by atoms with Gasteiger partial charge in [-0.2, -0.15) is 0 Å². The number of hydrogen-bond acceptors (Lipinski definition) is 3. The van der Waals surface area contributed by atoms with Crippen LogP contribution in [0.4, 0.5) is 0 Å². The molecule has 0 aromatic heterocycles. The van der Waals surface area contributed by atoms with Crippen LogP contribution in [0.3, 0.4) is 0 Å². The van der Waals surface area contributed by atoms with Gasteiger partial charge in [0, 0.05) is 6.20 Å². The largest absolute Gasteiger partial charge is 0.462 e. The van der Waals surface area contributed by atoms with Crippen molar-refractivity contribution in [3.8, 4) is 11.8 Å². The highest BCUT2D eigenvalue weighted by Crippen LogP contribution is 1.99. The fourth-order valence-corrected chi connectivity index (χ4v) is 0.984. The number of aliphatic imine (C=N–C) groups is 1. The van der Waals surface area contributed by atoms with Crippen LogP contribution in [0.25, 0.3) is 0 Å². The molecule has 98 valence electrons. The molecule has 0 saturated heterocycles. The molecule has 0 fully saturated rings. The summed E-state index contributed by atoms with van der Waals surface area (Å²) in [6.45, 7) is 12.7. The summed E-state index contributed by atoms with van der Waals surface area (Å²) in [5.41, 5.74) is 0.904. The second kappa shape index (κ2) is 10.5. The Balaban J connectivity index is 4.73. The molecule has 0 unspecified atom stereocenters. The molecular weight excluding hydrogens is 238 g/mol. The molecule has 0 aliphatic heterocycles. The van der Waals surface area contributed by atoms with Crippen molar-refractivity contribution in [1.82, 2.24) is 0 Å². The Morgan fingerprint density at radius 3 is 2.58 bits per heavy atom. The molecule has 0 saturated carbocycles. The highest BCUT2D eigenvalue weighted by molar-refractivity contribution is 6.08. The van der Waals surface area contributed by atoms with E-state index in [2.05, 4.69) is 36.6 Å². The first-order valence-electron chi connectivity index (χ1n) is 5.68. The van der Waals surface area contributed by atoms with Crippen LogP contribution in [-0.2, 0) is 9.53 Å². The van der Waals surface area contributed by atoms with Crippen molar-refractivity contribution in [2.75, 3.05) is 6.61 Å². The summed E-state index contributed by atoms with van der Waals surface area (Å²) in [7, 11) is 0. The van der Waals surface area contributed by atoms with Crippen molar-refractivity contribution in [2.45, 2.75) is 6.92 Å². The van der Waals surface area contributed by atoms with Gasteiger partial charge in [0.25, 0.3) is 0 Å². The predicted octanol–water partition coefficient (Wildman–Crippen LogP) is 2.99. The van der Waals surface area contributed by atoms with E-state index in [1.54, 1.807) is 25.2 Å². The Labute approximate surface area is 114 Å². The number of rotatable bonds is 6. The van der Waals surface area contributed by atoms with Gasteiger partial charge in [-0.25, -0.2) is 9.79 Å². The first kappa shape index (κ1) is 16.4. The van der Waals surface area contributed by atoms with E-state index >= 15 is 0 Å². The molecule has 0 aliphatic carbocycles. The van der Waals surface area contributed by atoms with Crippen LogP contribution < -0.4 is 0 Å². The van der Waals surface area contributed by atoms with Crippen LogP contribution >= 0.6 is 0 Å². The van der Waals surface area contributed by atoms with Gasteiger partial charge in [-0.05, 0) is 31.1 Å². The van der Waals surface area contributed by atoms with Crippen molar-refractivity contribution in [3.05, 3.63) is 61.9 Å². The molecule has 0 aliphatic rings. The normalized spacial score (nSPS) is 11.4. The summed E-state index contributed by atoms with van der Waals surface area (Å²) in [5, 5.41) is 0. The lowest BCUT2D eigenvalue weighted by molar-refractivity contribution is -0.138.